The zero-order valence-corrected chi connectivity index (χ0v) is 11.1. The summed E-state index contributed by atoms with van der Waals surface area (Å²) in [4.78, 5) is 26.8. The number of carboxylic acids is 1. The summed E-state index contributed by atoms with van der Waals surface area (Å²) < 4.78 is 0. The molecule has 0 bridgehead atoms. The lowest BCUT2D eigenvalue weighted by molar-refractivity contribution is -0.567. The van der Waals surface area contributed by atoms with Crippen molar-refractivity contribution in [1.82, 2.24) is 4.98 Å². The van der Waals surface area contributed by atoms with Gasteiger partial charge in [0.05, 0.1) is 0 Å². The van der Waals surface area contributed by atoms with Crippen molar-refractivity contribution in [1.29, 1.82) is 0 Å². The molecular formula is C14H16N2O4. The second kappa shape index (κ2) is 4.54. The molecule has 1 aromatic rings. The van der Waals surface area contributed by atoms with Gasteiger partial charge in [-0.05, 0) is 49.7 Å². The number of hydrogen-bond acceptors (Lipinski definition) is 4. The van der Waals surface area contributed by atoms with Crippen LogP contribution >= 0.6 is 0 Å². The normalized spacial score (nSPS) is 24.6. The third-order valence-electron chi connectivity index (χ3n) is 4.42. The molecule has 1 heterocycles. The van der Waals surface area contributed by atoms with Crippen LogP contribution in [0.15, 0.2) is 6.07 Å². The average Bonchev–Trinajstić information content (AvgIpc) is 2.43. The molecule has 0 radical (unpaired) electrons. The van der Waals surface area contributed by atoms with E-state index in [-0.39, 0.29) is 12.1 Å². The number of aliphatic carboxylic acids is 1. The van der Waals surface area contributed by atoms with Gasteiger partial charge in [0.15, 0.2) is 0 Å². The number of nitro groups is 1. The van der Waals surface area contributed by atoms with Crippen LogP contribution in [0.4, 0.5) is 0 Å². The van der Waals surface area contributed by atoms with Gasteiger partial charge in [-0.15, -0.1) is 0 Å². The van der Waals surface area contributed by atoms with Gasteiger partial charge in [0.1, 0.15) is 5.69 Å². The Labute approximate surface area is 116 Å². The van der Waals surface area contributed by atoms with E-state index in [1.807, 2.05) is 6.07 Å². The van der Waals surface area contributed by atoms with Crippen LogP contribution in [0.1, 0.15) is 48.2 Å². The number of nitrogens with zero attached hydrogens (tertiary/aromatic N) is 2. The number of rotatable bonds is 2. The van der Waals surface area contributed by atoms with E-state index < -0.39 is 16.4 Å². The summed E-state index contributed by atoms with van der Waals surface area (Å²) in [6.45, 7) is 0. The van der Waals surface area contributed by atoms with Crippen LogP contribution in [0, 0.1) is 10.1 Å². The fourth-order valence-electron chi connectivity index (χ4n) is 3.35. The Balaban J connectivity index is 2.21. The molecule has 6 nitrogen and oxygen atoms in total. The maximum absolute atomic E-state index is 11.6. The van der Waals surface area contributed by atoms with E-state index in [9.17, 15) is 20.0 Å². The van der Waals surface area contributed by atoms with Crippen LogP contribution in [0.25, 0.3) is 0 Å². The van der Waals surface area contributed by atoms with Gasteiger partial charge in [-0.2, -0.15) is 0 Å². The minimum atomic E-state index is -2.06. The Kier molecular flexibility index (Phi) is 2.96. The number of hydrogen-bond donors (Lipinski definition) is 1. The van der Waals surface area contributed by atoms with E-state index in [0.717, 1.165) is 42.5 Å². The first kappa shape index (κ1) is 13.0. The first-order valence-corrected chi connectivity index (χ1v) is 6.96. The number of carboxylic acid groups (broad SMARTS) is 1. The minimum absolute atomic E-state index is 0.0219. The summed E-state index contributed by atoms with van der Waals surface area (Å²) in [6.07, 6.45) is 5.06. The van der Waals surface area contributed by atoms with E-state index in [1.54, 1.807) is 0 Å². The maximum Gasteiger partial charge on any atom is 0.389 e. The van der Waals surface area contributed by atoms with Gasteiger partial charge in [-0.1, -0.05) is 6.07 Å². The molecule has 106 valence electrons. The van der Waals surface area contributed by atoms with Gasteiger partial charge >= 0.3 is 11.5 Å². The number of fused-ring (bicyclic) bond motifs is 2. The van der Waals surface area contributed by atoms with Crippen molar-refractivity contribution in [3.8, 4) is 0 Å². The number of pyridine rings is 1. The lowest BCUT2D eigenvalue weighted by Crippen LogP contribution is -2.47. The highest BCUT2D eigenvalue weighted by atomic mass is 16.6. The van der Waals surface area contributed by atoms with Gasteiger partial charge in [-0.25, -0.2) is 9.78 Å². The molecule has 0 aliphatic heterocycles. The summed E-state index contributed by atoms with van der Waals surface area (Å²) in [5, 5.41) is 20.9. The monoisotopic (exact) mass is 276 g/mol. The topological polar surface area (TPSA) is 93.3 Å². The van der Waals surface area contributed by atoms with Crippen molar-refractivity contribution in [3.05, 3.63) is 38.7 Å². The molecule has 0 saturated heterocycles. The molecule has 0 spiro atoms. The minimum Gasteiger partial charge on any atom is -0.476 e. The molecule has 0 amide bonds. The largest absolute Gasteiger partial charge is 0.476 e. The van der Waals surface area contributed by atoms with E-state index >= 15 is 0 Å². The Morgan fingerprint density at radius 2 is 1.95 bits per heavy atom. The van der Waals surface area contributed by atoms with E-state index in [4.69, 9.17) is 0 Å². The van der Waals surface area contributed by atoms with Gasteiger partial charge in [-0.3, -0.25) is 10.1 Å². The quantitative estimate of drug-likeness (QED) is 0.657. The van der Waals surface area contributed by atoms with E-state index in [0.29, 0.717) is 12.8 Å². The third-order valence-corrected chi connectivity index (χ3v) is 4.42. The van der Waals surface area contributed by atoms with E-state index in [2.05, 4.69) is 4.98 Å². The van der Waals surface area contributed by atoms with Gasteiger partial charge in [0.25, 0.3) is 0 Å². The molecule has 1 atom stereocenters. The summed E-state index contributed by atoms with van der Waals surface area (Å²) in [5.41, 5.74) is 0.849. The van der Waals surface area contributed by atoms with Gasteiger partial charge in [0.2, 0.25) is 0 Å². The fourth-order valence-corrected chi connectivity index (χ4v) is 3.35. The second-order valence-corrected chi connectivity index (χ2v) is 5.59. The van der Waals surface area contributed by atoms with Crippen LogP contribution in [0.3, 0.4) is 0 Å². The molecule has 1 N–H and O–H groups in total. The summed E-state index contributed by atoms with van der Waals surface area (Å²) in [5.74, 6) is -1.40. The number of aryl methyl sites for hydroxylation is 3. The summed E-state index contributed by atoms with van der Waals surface area (Å²) in [6, 6.07) is 1.96. The van der Waals surface area contributed by atoms with Crippen LogP contribution in [-0.2, 0) is 29.6 Å². The summed E-state index contributed by atoms with van der Waals surface area (Å²) in [7, 11) is 0. The van der Waals surface area contributed by atoms with Crippen LogP contribution in [0.5, 0.6) is 0 Å². The van der Waals surface area contributed by atoms with Crippen molar-refractivity contribution in [2.75, 3.05) is 0 Å². The van der Waals surface area contributed by atoms with Crippen LogP contribution in [0.2, 0.25) is 0 Å². The molecule has 6 heteroatoms. The van der Waals surface area contributed by atoms with Crippen molar-refractivity contribution < 1.29 is 14.8 Å². The van der Waals surface area contributed by atoms with Gasteiger partial charge < -0.3 is 5.11 Å². The Morgan fingerprint density at radius 1 is 1.25 bits per heavy atom. The third kappa shape index (κ3) is 1.71. The van der Waals surface area contributed by atoms with Crippen molar-refractivity contribution in [2.45, 2.75) is 50.5 Å². The number of aromatic nitrogens is 1. The van der Waals surface area contributed by atoms with Crippen LogP contribution in [-0.4, -0.2) is 21.0 Å². The first-order valence-electron chi connectivity index (χ1n) is 6.96. The molecule has 2 aliphatic carbocycles. The predicted molar refractivity (Wildman–Crippen MR) is 70.1 cm³/mol. The highest BCUT2D eigenvalue weighted by Crippen LogP contribution is 2.38. The zero-order chi connectivity index (χ0) is 14.3. The molecule has 1 aromatic heterocycles. The van der Waals surface area contributed by atoms with Crippen molar-refractivity contribution in [2.24, 2.45) is 0 Å². The number of carbonyl (C=O) groups is 1. The molecule has 0 aromatic carbocycles. The summed E-state index contributed by atoms with van der Waals surface area (Å²) >= 11 is 0. The molecule has 0 saturated carbocycles. The Bertz CT molecular complexity index is 583. The molecule has 2 aliphatic rings. The Hall–Kier alpha value is -1.98. The van der Waals surface area contributed by atoms with Crippen molar-refractivity contribution in [3.63, 3.8) is 0 Å². The molecule has 0 fully saturated rings. The molecule has 1 unspecified atom stereocenters. The maximum atomic E-state index is 11.6. The molecule has 3 rings (SSSR count). The predicted octanol–water partition coefficient (Wildman–Crippen LogP) is 1.85. The molecular weight excluding hydrogens is 260 g/mol. The average molecular weight is 276 g/mol. The Morgan fingerprint density at radius 3 is 2.65 bits per heavy atom. The second-order valence-electron chi connectivity index (χ2n) is 5.59. The lowest BCUT2D eigenvalue weighted by Gasteiger charge is -2.29. The fraction of sp³-hybridized carbons (Fsp3) is 0.571. The smallest absolute Gasteiger partial charge is 0.389 e. The van der Waals surface area contributed by atoms with Crippen molar-refractivity contribution >= 4 is 5.97 Å². The van der Waals surface area contributed by atoms with Crippen LogP contribution < -0.4 is 0 Å². The highest BCUT2D eigenvalue weighted by Gasteiger charge is 2.57. The lowest BCUT2D eigenvalue weighted by atomic mass is 9.78. The van der Waals surface area contributed by atoms with Gasteiger partial charge in [0, 0.05) is 17.0 Å². The standard InChI is InChI=1S/C14H16N2O4/c17-13(18)14(16(19)20)7-3-5-10-8-9-4-1-2-6-11(9)15-12(10)14/h8H,1-7H2,(H,17,18). The zero-order valence-electron chi connectivity index (χ0n) is 11.1. The first-order chi connectivity index (χ1) is 9.55. The molecule has 20 heavy (non-hydrogen) atoms. The van der Waals surface area contributed by atoms with E-state index in [1.165, 1.54) is 0 Å². The highest BCUT2D eigenvalue weighted by molar-refractivity contribution is 5.79. The SMILES string of the molecule is O=C(O)C1([N+](=O)[O-])CCCc2cc3c(nc21)CCCC3.